The molecule has 0 radical (unpaired) electrons. The average molecular weight is 337 g/mol. The highest BCUT2D eigenvalue weighted by atomic mass is 32.1. The van der Waals surface area contributed by atoms with Gasteiger partial charge in [0.25, 0.3) is 5.91 Å². The van der Waals surface area contributed by atoms with Crippen molar-refractivity contribution >= 4 is 29.8 Å². The molecule has 0 spiro atoms. The molecule has 1 aromatic heterocycles. The topological polar surface area (TPSA) is 69.6 Å². The second kappa shape index (κ2) is 7.44. The Bertz CT molecular complexity index is 816. The highest BCUT2D eigenvalue weighted by Crippen LogP contribution is 2.25. The number of carbonyl (C=O) groups excluding carboxylic acids is 1. The van der Waals surface area contributed by atoms with E-state index in [0.717, 1.165) is 16.7 Å². The van der Waals surface area contributed by atoms with Crippen LogP contribution >= 0.6 is 11.3 Å². The molecular formula is C18H16BNO3S. The van der Waals surface area contributed by atoms with Gasteiger partial charge in [0, 0.05) is 6.54 Å². The minimum Gasteiger partial charge on any atom is -0.423 e. The van der Waals surface area contributed by atoms with Crippen molar-refractivity contribution in [2.45, 2.75) is 6.54 Å². The Kier molecular flexibility index (Phi) is 5.10. The van der Waals surface area contributed by atoms with E-state index in [-0.39, 0.29) is 5.91 Å². The minimum absolute atomic E-state index is 0.0995. The van der Waals surface area contributed by atoms with Crippen molar-refractivity contribution in [3.8, 4) is 11.1 Å². The fraction of sp³-hybridized carbons (Fsp3) is 0.0556. The van der Waals surface area contributed by atoms with E-state index >= 15 is 0 Å². The van der Waals surface area contributed by atoms with Crippen LogP contribution in [-0.2, 0) is 6.54 Å². The molecule has 0 aliphatic rings. The molecule has 0 aliphatic carbocycles. The zero-order valence-electron chi connectivity index (χ0n) is 12.8. The smallest absolute Gasteiger partial charge is 0.423 e. The van der Waals surface area contributed by atoms with Crippen molar-refractivity contribution < 1.29 is 14.8 Å². The van der Waals surface area contributed by atoms with Gasteiger partial charge in [0.1, 0.15) is 0 Å². The van der Waals surface area contributed by atoms with Gasteiger partial charge in [-0.25, -0.2) is 0 Å². The molecule has 0 aliphatic heterocycles. The van der Waals surface area contributed by atoms with E-state index in [1.807, 2.05) is 53.9 Å². The molecule has 0 bridgehead atoms. The SMILES string of the molecule is O=C(NCc1ccccc1)c1cc(-c2ccc(B(O)O)cc2)cs1. The molecular weight excluding hydrogens is 321 g/mol. The second-order valence-electron chi connectivity index (χ2n) is 5.36. The molecule has 24 heavy (non-hydrogen) atoms. The molecule has 0 fully saturated rings. The molecule has 6 heteroatoms. The molecule has 2 aromatic carbocycles. The van der Waals surface area contributed by atoms with Crippen LogP contribution in [0, 0.1) is 0 Å². The lowest BCUT2D eigenvalue weighted by Crippen LogP contribution is -2.29. The van der Waals surface area contributed by atoms with Crippen LogP contribution in [0.4, 0.5) is 0 Å². The number of nitrogens with one attached hydrogen (secondary N) is 1. The van der Waals surface area contributed by atoms with Crippen molar-refractivity contribution in [3.05, 3.63) is 76.5 Å². The summed E-state index contributed by atoms with van der Waals surface area (Å²) in [6, 6.07) is 18.5. The molecule has 3 aromatic rings. The van der Waals surface area contributed by atoms with Gasteiger partial charge in [-0.15, -0.1) is 11.3 Å². The molecule has 120 valence electrons. The molecule has 1 heterocycles. The van der Waals surface area contributed by atoms with Crippen molar-refractivity contribution in [2.75, 3.05) is 0 Å². The molecule has 3 rings (SSSR count). The number of hydrogen-bond acceptors (Lipinski definition) is 4. The fourth-order valence-corrected chi connectivity index (χ4v) is 3.15. The van der Waals surface area contributed by atoms with Gasteiger partial charge in [-0.2, -0.15) is 0 Å². The van der Waals surface area contributed by atoms with Crippen molar-refractivity contribution in [3.63, 3.8) is 0 Å². The standard InChI is InChI=1S/C18H16BNO3S/c21-18(20-11-13-4-2-1-3-5-13)17-10-15(12-24-17)14-6-8-16(9-7-14)19(22)23/h1-10,12,22-23H,11H2,(H,20,21). The van der Waals surface area contributed by atoms with Gasteiger partial charge < -0.3 is 15.4 Å². The molecule has 0 saturated carbocycles. The first-order valence-electron chi connectivity index (χ1n) is 7.50. The molecule has 1 amide bonds. The van der Waals surface area contributed by atoms with Gasteiger partial charge in [-0.05, 0) is 33.6 Å². The zero-order valence-corrected chi connectivity index (χ0v) is 13.7. The maximum Gasteiger partial charge on any atom is 0.488 e. The normalized spacial score (nSPS) is 10.4. The van der Waals surface area contributed by atoms with E-state index in [2.05, 4.69) is 5.32 Å². The number of carbonyl (C=O) groups is 1. The summed E-state index contributed by atoms with van der Waals surface area (Å²) in [6.45, 7) is 0.496. The third-order valence-corrected chi connectivity index (χ3v) is 4.59. The maximum absolute atomic E-state index is 12.2. The van der Waals surface area contributed by atoms with E-state index in [1.54, 1.807) is 12.1 Å². The summed E-state index contributed by atoms with van der Waals surface area (Å²) < 4.78 is 0. The number of hydrogen-bond donors (Lipinski definition) is 3. The van der Waals surface area contributed by atoms with E-state index in [4.69, 9.17) is 10.0 Å². The van der Waals surface area contributed by atoms with Crippen LogP contribution in [0.1, 0.15) is 15.2 Å². The Morgan fingerprint density at radius 1 is 1.00 bits per heavy atom. The molecule has 0 saturated heterocycles. The van der Waals surface area contributed by atoms with Gasteiger partial charge in [-0.3, -0.25) is 4.79 Å². The summed E-state index contributed by atoms with van der Waals surface area (Å²) in [5.74, 6) is -0.0995. The number of rotatable bonds is 5. The van der Waals surface area contributed by atoms with Crippen molar-refractivity contribution in [2.24, 2.45) is 0 Å². The summed E-state index contributed by atoms with van der Waals surface area (Å²) in [7, 11) is -1.47. The van der Waals surface area contributed by atoms with Gasteiger partial charge >= 0.3 is 7.12 Å². The van der Waals surface area contributed by atoms with Crippen LogP contribution in [0.15, 0.2) is 66.0 Å². The van der Waals surface area contributed by atoms with Gasteiger partial charge in [-0.1, -0.05) is 54.6 Å². The first kappa shape index (κ1) is 16.5. The van der Waals surface area contributed by atoms with E-state index < -0.39 is 7.12 Å². The lowest BCUT2D eigenvalue weighted by Gasteiger charge is -2.03. The quantitative estimate of drug-likeness (QED) is 0.624. The molecule has 0 unspecified atom stereocenters. The van der Waals surface area contributed by atoms with Gasteiger partial charge in [0.05, 0.1) is 4.88 Å². The Hall–Kier alpha value is -2.41. The molecule has 4 nitrogen and oxygen atoms in total. The Morgan fingerprint density at radius 3 is 2.38 bits per heavy atom. The highest BCUT2D eigenvalue weighted by Gasteiger charge is 2.12. The van der Waals surface area contributed by atoms with Crippen LogP contribution in [0.25, 0.3) is 11.1 Å². The lowest BCUT2D eigenvalue weighted by atomic mass is 9.80. The largest absolute Gasteiger partial charge is 0.488 e. The minimum atomic E-state index is -1.47. The summed E-state index contributed by atoms with van der Waals surface area (Å²) >= 11 is 1.39. The van der Waals surface area contributed by atoms with Crippen molar-refractivity contribution in [1.29, 1.82) is 0 Å². The van der Waals surface area contributed by atoms with Crippen LogP contribution in [-0.4, -0.2) is 23.1 Å². The summed E-state index contributed by atoms with van der Waals surface area (Å²) in [6.07, 6.45) is 0. The maximum atomic E-state index is 12.2. The van der Waals surface area contributed by atoms with Crippen molar-refractivity contribution in [1.82, 2.24) is 5.32 Å². The van der Waals surface area contributed by atoms with Gasteiger partial charge in [0.15, 0.2) is 0 Å². The second-order valence-corrected chi connectivity index (χ2v) is 6.27. The number of thiophene rings is 1. The monoisotopic (exact) mass is 337 g/mol. The summed E-state index contributed by atoms with van der Waals surface area (Å²) in [4.78, 5) is 12.9. The summed E-state index contributed by atoms with van der Waals surface area (Å²) in [5.41, 5.74) is 3.36. The first-order chi connectivity index (χ1) is 11.6. The lowest BCUT2D eigenvalue weighted by molar-refractivity contribution is 0.0955. The third kappa shape index (κ3) is 3.92. The first-order valence-corrected chi connectivity index (χ1v) is 8.38. The number of amides is 1. The van der Waals surface area contributed by atoms with Gasteiger partial charge in [0.2, 0.25) is 0 Å². The summed E-state index contributed by atoms with van der Waals surface area (Å²) in [5, 5.41) is 23.1. The Labute approximate surface area is 144 Å². The van der Waals surface area contributed by atoms with E-state index in [0.29, 0.717) is 16.9 Å². The fourth-order valence-electron chi connectivity index (χ4n) is 2.32. The predicted molar refractivity (Wildman–Crippen MR) is 97.2 cm³/mol. The third-order valence-electron chi connectivity index (χ3n) is 3.66. The average Bonchev–Trinajstić information content (AvgIpc) is 3.11. The van der Waals surface area contributed by atoms with E-state index in [9.17, 15) is 4.79 Å². The Balaban J connectivity index is 1.67. The number of benzene rings is 2. The van der Waals surface area contributed by atoms with Crippen LogP contribution < -0.4 is 10.8 Å². The van der Waals surface area contributed by atoms with E-state index in [1.165, 1.54) is 11.3 Å². The zero-order chi connectivity index (χ0) is 16.9. The highest BCUT2D eigenvalue weighted by molar-refractivity contribution is 7.12. The molecule has 0 atom stereocenters. The predicted octanol–water partition coefficient (Wildman–Crippen LogP) is 2.02. The van der Waals surface area contributed by atoms with Crippen LogP contribution in [0.3, 0.4) is 0 Å². The van der Waals surface area contributed by atoms with Crippen LogP contribution in [0.2, 0.25) is 0 Å². The van der Waals surface area contributed by atoms with Crippen LogP contribution in [0.5, 0.6) is 0 Å². The molecule has 3 N–H and O–H groups in total. The Morgan fingerprint density at radius 2 is 1.71 bits per heavy atom.